The Bertz CT molecular complexity index is 583. The first kappa shape index (κ1) is 13.6. The lowest BCUT2D eigenvalue weighted by Crippen LogP contribution is -2.18. The van der Waals surface area contributed by atoms with E-state index in [2.05, 4.69) is 6.08 Å². The zero-order valence-electron chi connectivity index (χ0n) is 11.7. The highest BCUT2D eigenvalue weighted by Gasteiger charge is 2.30. The van der Waals surface area contributed by atoms with Gasteiger partial charge in [-0.1, -0.05) is 60.5 Å². The van der Waals surface area contributed by atoms with Crippen molar-refractivity contribution in [1.82, 2.24) is 0 Å². The summed E-state index contributed by atoms with van der Waals surface area (Å²) in [6.07, 6.45) is 6.72. The van der Waals surface area contributed by atoms with Crippen molar-refractivity contribution in [2.24, 2.45) is 11.8 Å². The van der Waals surface area contributed by atoms with E-state index in [-0.39, 0.29) is 11.7 Å². The molecule has 2 aliphatic rings. The standard InChI is InChI=1S/C18H19ClO/c1-12-10-14-8-5-9-15(14)11-16(17(19)18(12)20)13-6-3-2-4-7-13/h2-4,6-7,11-12,14H,5,8-10H2,1H3/b15-11-,17-16-. The lowest BCUT2D eigenvalue weighted by atomic mass is 9.84. The van der Waals surface area contributed by atoms with Crippen LogP contribution in [0.4, 0.5) is 0 Å². The first-order valence-corrected chi connectivity index (χ1v) is 7.74. The van der Waals surface area contributed by atoms with Crippen molar-refractivity contribution in [2.45, 2.75) is 32.6 Å². The minimum atomic E-state index is 0.0213. The van der Waals surface area contributed by atoms with Crippen LogP contribution in [0, 0.1) is 11.8 Å². The number of hydrogen-bond donors (Lipinski definition) is 0. The number of benzene rings is 1. The van der Waals surface area contributed by atoms with Crippen LogP contribution in [0.5, 0.6) is 0 Å². The second kappa shape index (κ2) is 5.57. The van der Waals surface area contributed by atoms with Crippen LogP contribution in [-0.4, -0.2) is 5.78 Å². The van der Waals surface area contributed by atoms with E-state index in [0.29, 0.717) is 11.0 Å². The molecule has 1 saturated carbocycles. The molecule has 1 aromatic rings. The predicted molar refractivity (Wildman–Crippen MR) is 83.4 cm³/mol. The van der Waals surface area contributed by atoms with Gasteiger partial charge in [-0.15, -0.1) is 0 Å². The molecule has 0 heterocycles. The molecular weight excluding hydrogens is 268 g/mol. The Hall–Kier alpha value is -1.34. The zero-order chi connectivity index (χ0) is 14.1. The summed E-state index contributed by atoms with van der Waals surface area (Å²) in [7, 11) is 0. The second-order valence-corrected chi connectivity index (χ2v) is 6.28. The first-order valence-electron chi connectivity index (χ1n) is 7.36. The van der Waals surface area contributed by atoms with Gasteiger partial charge in [0.1, 0.15) is 0 Å². The molecule has 2 aliphatic carbocycles. The van der Waals surface area contributed by atoms with E-state index in [9.17, 15) is 4.79 Å². The largest absolute Gasteiger partial charge is 0.293 e. The molecule has 0 radical (unpaired) electrons. The van der Waals surface area contributed by atoms with E-state index in [1.165, 1.54) is 18.4 Å². The summed E-state index contributed by atoms with van der Waals surface area (Å²) in [6.45, 7) is 2.01. The van der Waals surface area contributed by atoms with E-state index < -0.39 is 0 Å². The first-order chi connectivity index (χ1) is 9.66. The van der Waals surface area contributed by atoms with E-state index in [4.69, 9.17) is 11.6 Å². The van der Waals surface area contributed by atoms with Crippen molar-refractivity contribution in [1.29, 1.82) is 0 Å². The molecule has 2 heteroatoms. The van der Waals surface area contributed by atoms with Crippen LogP contribution in [-0.2, 0) is 4.79 Å². The van der Waals surface area contributed by atoms with Crippen LogP contribution in [0.1, 0.15) is 38.2 Å². The zero-order valence-corrected chi connectivity index (χ0v) is 12.5. The van der Waals surface area contributed by atoms with Gasteiger partial charge in [-0.3, -0.25) is 4.79 Å². The monoisotopic (exact) mass is 286 g/mol. The fourth-order valence-electron chi connectivity index (χ4n) is 3.36. The van der Waals surface area contributed by atoms with Gasteiger partial charge in [0.05, 0.1) is 5.03 Å². The van der Waals surface area contributed by atoms with Crippen LogP contribution in [0.25, 0.3) is 5.57 Å². The lowest BCUT2D eigenvalue weighted by molar-refractivity contribution is -0.118. The predicted octanol–water partition coefficient (Wildman–Crippen LogP) is 4.97. The van der Waals surface area contributed by atoms with Gasteiger partial charge in [0.15, 0.2) is 5.78 Å². The molecule has 1 fully saturated rings. The Kier molecular flexibility index (Phi) is 3.80. The maximum Gasteiger partial charge on any atom is 0.177 e. The number of Topliss-reactive ketones (excluding diaryl/α,β-unsaturated/α-hetero) is 1. The molecule has 104 valence electrons. The Morgan fingerprint density at radius 2 is 1.95 bits per heavy atom. The number of rotatable bonds is 1. The molecule has 2 unspecified atom stereocenters. The van der Waals surface area contributed by atoms with Gasteiger partial charge < -0.3 is 0 Å². The van der Waals surface area contributed by atoms with Crippen molar-refractivity contribution < 1.29 is 4.79 Å². The van der Waals surface area contributed by atoms with E-state index in [1.807, 2.05) is 37.3 Å². The van der Waals surface area contributed by atoms with Crippen LogP contribution in [0.15, 0.2) is 47.0 Å². The number of fused-ring (bicyclic) bond motifs is 1. The Balaban J connectivity index is 2.13. The maximum absolute atomic E-state index is 12.5. The quantitative estimate of drug-likeness (QED) is 0.712. The minimum Gasteiger partial charge on any atom is -0.293 e. The fourth-order valence-corrected chi connectivity index (χ4v) is 3.71. The molecule has 0 amide bonds. The number of carbonyl (C=O) groups excluding carboxylic acids is 1. The Morgan fingerprint density at radius 3 is 2.70 bits per heavy atom. The molecule has 1 aromatic carbocycles. The molecule has 0 aliphatic heterocycles. The third-order valence-corrected chi connectivity index (χ3v) is 4.89. The number of hydrogen-bond acceptors (Lipinski definition) is 1. The van der Waals surface area contributed by atoms with Gasteiger partial charge in [0, 0.05) is 11.5 Å². The molecule has 0 saturated heterocycles. The molecule has 0 spiro atoms. The van der Waals surface area contributed by atoms with Gasteiger partial charge in [0.25, 0.3) is 0 Å². The molecule has 1 nitrogen and oxygen atoms in total. The van der Waals surface area contributed by atoms with Crippen LogP contribution >= 0.6 is 11.6 Å². The van der Waals surface area contributed by atoms with Crippen molar-refractivity contribution >= 4 is 23.0 Å². The second-order valence-electron chi connectivity index (χ2n) is 5.90. The molecule has 3 rings (SSSR count). The average Bonchev–Trinajstić information content (AvgIpc) is 2.90. The van der Waals surface area contributed by atoms with Gasteiger partial charge in [-0.05, 0) is 37.2 Å². The lowest BCUT2D eigenvalue weighted by Gasteiger charge is -2.21. The number of carbonyl (C=O) groups is 1. The summed E-state index contributed by atoms with van der Waals surface area (Å²) in [6, 6.07) is 10.0. The summed E-state index contributed by atoms with van der Waals surface area (Å²) in [4.78, 5) is 12.5. The third kappa shape index (κ3) is 2.47. The highest BCUT2D eigenvalue weighted by molar-refractivity contribution is 6.46. The van der Waals surface area contributed by atoms with Gasteiger partial charge in [-0.2, -0.15) is 0 Å². The Morgan fingerprint density at radius 1 is 1.20 bits per heavy atom. The molecule has 0 N–H and O–H groups in total. The van der Waals surface area contributed by atoms with Crippen LogP contribution in [0.3, 0.4) is 0 Å². The molecule has 2 atom stereocenters. The van der Waals surface area contributed by atoms with E-state index in [1.54, 1.807) is 0 Å². The molecule has 0 bridgehead atoms. The van der Waals surface area contributed by atoms with Gasteiger partial charge >= 0.3 is 0 Å². The maximum atomic E-state index is 12.5. The van der Waals surface area contributed by atoms with Gasteiger partial charge in [0.2, 0.25) is 0 Å². The summed E-state index contributed by atoms with van der Waals surface area (Å²) < 4.78 is 0. The summed E-state index contributed by atoms with van der Waals surface area (Å²) >= 11 is 6.42. The van der Waals surface area contributed by atoms with Crippen molar-refractivity contribution in [3.8, 4) is 0 Å². The minimum absolute atomic E-state index is 0.0213. The summed E-state index contributed by atoms with van der Waals surface area (Å²) in [5, 5.41) is 0.404. The Labute approximate surface area is 125 Å². The topological polar surface area (TPSA) is 17.1 Å². The fraction of sp³-hybridized carbons (Fsp3) is 0.389. The van der Waals surface area contributed by atoms with E-state index >= 15 is 0 Å². The SMILES string of the molecule is CC1CC2CCC/C2=C/C(c2ccccc2)=C(/Cl)C1=O. The summed E-state index contributed by atoms with van der Waals surface area (Å²) in [5.41, 5.74) is 3.42. The van der Waals surface area contributed by atoms with E-state index in [0.717, 1.165) is 24.0 Å². The smallest absolute Gasteiger partial charge is 0.177 e. The summed E-state index contributed by atoms with van der Waals surface area (Å²) in [5.74, 6) is 0.679. The van der Waals surface area contributed by atoms with Crippen molar-refractivity contribution in [3.05, 3.63) is 52.6 Å². The van der Waals surface area contributed by atoms with Crippen LogP contribution in [0.2, 0.25) is 0 Å². The number of ketones is 1. The molecular formula is C18H19ClO. The third-order valence-electron chi connectivity index (χ3n) is 4.50. The molecule has 20 heavy (non-hydrogen) atoms. The highest BCUT2D eigenvalue weighted by Crippen LogP contribution is 2.41. The highest BCUT2D eigenvalue weighted by atomic mass is 35.5. The van der Waals surface area contributed by atoms with Crippen molar-refractivity contribution in [3.63, 3.8) is 0 Å². The normalized spacial score (nSPS) is 33.1. The number of halogens is 1. The number of allylic oxidation sites excluding steroid dienone is 4. The van der Waals surface area contributed by atoms with Crippen molar-refractivity contribution in [2.75, 3.05) is 0 Å². The average molecular weight is 287 g/mol. The molecule has 0 aromatic heterocycles. The van der Waals surface area contributed by atoms with Gasteiger partial charge in [-0.25, -0.2) is 0 Å². The van der Waals surface area contributed by atoms with Crippen LogP contribution < -0.4 is 0 Å².